The van der Waals surface area contributed by atoms with Crippen LogP contribution >= 0.6 is 8.25 Å². The third-order valence-corrected chi connectivity index (χ3v) is 1.67. The molecule has 0 aliphatic carbocycles. The second-order valence-electron chi connectivity index (χ2n) is 2.04. The van der Waals surface area contributed by atoms with Gasteiger partial charge in [-0.1, -0.05) is 0 Å². The van der Waals surface area contributed by atoms with Crippen molar-refractivity contribution >= 4 is 8.25 Å². The fourth-order valence-corrected chi connectivity index (χ4v) is 1.08. The van der Waals surface area contributed by atoms with Crippen LogP contribution in [-0.4, -0.2) is 12.0 Å². The maximum absolute atomic E-state index is 10.3. The lowest BCUT2D eigenvalue weighted by molar-refractivity contribution is 0.405. The third kappa shape index (κ3) is 2.57. The molecule has 1 aromatic rings. The molecule has 0 radical (unpaired) electrons. The van der Waals surface area contributed by atoms with Crippen molar-refractivity contribution < 1.29 is 18.7 Å². The molecule has 1 unspecified atom stereocenters. The molecule has 0 fully saturated rings. The molecule has 66 valence electrons. The Morgan fingerprint density at radius 2 is 1.75 bits per heavy atom. The van der Waals surface area contributed by atoms with E-state index in [1.807, 2.05) is 0 Å². The molecule has 0 heterocycles. The Hall–Kier alpha value is -0.990. The van der Waals surface area contributed by atoms with Gasteiger partial charge in [-0.15, -0.1) is 0 Å². The van der Waals surface area contributed by atoms with E-state index in [1.165, 1.54) is 0 Å². The van der Waals surface area contributed by atoms with E-state index in [0.29, 0.717) is 11.5 Å². The van der Waals surface area contributed by atoms with E-state index in [1.54, 1.807) is 31.4 Å². The highest BCUT2D eigenvalue weighted by atomic mass is 31.1. The van der Waals surface area contributed by atoms with Gasteiger partial charge in [-0.05, 0) is 24.3 Å². The quantitative estimate of drug-likeness (QED) is 0.729. The topological polar surface area (TPSA) is 55.8 Å². The smallest absolute Gasteiger partial charge is 0.365 e. The molecular formula is C7H9O4P. The normalized spacial score (nSPS) is 12.2. The van der Waals surface area contributed by atoms with E-state index >= 15 is 0 Å². The van der Waals surface area contributed by atoms with Gasteiger partial charge in [-0.2, -0.15) is 0 Å². The van der Waals surface area contributed by atoms with Crippen LogP contribution < -0.4 is 9.26 Å². The highest BCUT2D eigenvalue weighted by molar-refractivity contribution is 7.32. The minimum absolute atomic E-state index is 0.363. The molecule has 0 spiro atoms. The first-order chi connectivity index (χ1) is 5.72. The molecular weight excluding hydrogens is 179 g/mol. The van der Waals surface area contributed by atoms with Crippen molar-refractivity contribution in [2.24, 2.45) is 0 Å². The van der Waals surface area contributed by atoms with Gasteiger partial charge in [0.15, 0.2) is 0 Å². The summed E-state index contributed by atoms with van der Waals surface area (Å²) in [4.78, 5) is 8.43. The van der Waals surface area contributed by atoms with Gasteiger partial charge in [0.25, 0.3) is 0 Å². The van der Waals surface area contributed by atoms with Gasteiger partial charge in [0, 0.05) is 0 Å². The SMILES string of the molecule is COc1ccc(O[PH](=O)O)cc1. The van der Waals surface area contributed by atoms with Gasteiger partial charge in [0.05, 0.1) is 7.11 Å². The van der Waals surface area contributed by atoms with Gasteiger partial charge in [-0.3, -0.25) is 0 Å². The summed E-state index contributed by atoms with van der Waals surface area (Å²) in [5.74, 6) is 1.04. The average molecular weight is 188 g/mol. The molecule has 0 bridgehead atoms. The van der Waals surface area contributed by atoms with Crippen molar-refractivity contribution in [3.63, 3.8) is 0 Å². The van der Waals surface area contributed by atoms with E-state index in [0.717, 1.165) is 0 Å². The van der Waals surface area contributed by atoms with Crippen molar-refractivity contribution in [2.75, 3.05) is 7.11 Å². The Kier molecular flexibility index (Phi) is 3.14. The summed E-state index contributed by atoms with van der Waals surface area (Å²) in [6.07, 6.45) is 0. The van der Waals surface area contributed by atoms with Crippen LogP contribution in [0.3, 0.4) is 0 Å². The number of methoxy groups -OCH3 is 1. The lowest BCUT2D eigenvalue weighted by Gasteiger charge is -2.02. The Balaban J connectivity index is 2.71. The molecule has 0 aliphatic heterocycles. The lowest BCUT2D eigenvalue weighted by atomic mass is 10.3. The largest absolute Gasteiger partial charge is 0.497 e. The Bertz CT molecular complexity index is 269. The molecule has 12 heavy (non-hydrogen) atoms. The van der Waals surface area contributed by atoms with E-state index in [9.17, 15) is 4.57 Å². The monoisotopic (exact) mass is 188 g/mol. The summed E-state index contributed by atoms with van der Waals surface area (Å²) in [7, 11) is -1.35. The number of hydrogen-bond donors (Lipinski definition) is 1. The number of benzene rings is 1. The van der Waals surface area contributed by atoms with Crippen LogP contribution in [0.25, 0.3) is 0 Å². The molecule has 1 N–H and O–H groups in total. The van der Waals surface area contributed by atoms with Crippen LogP contribution in [0.4, 0.5) is 0 Å². The van der Waals surface area contributed by atoms with Crippen molar-refractivity contribution in [3.05, 3.63) is 24.3 Å². The Labute approximate surface area is 70.7 Å². The molecule has 1 rings (SSSR count). The van der Waals surface area contributed by atoms with Crippen molar-refractivity contribution in [2.45, 2.75) is 0 Å². The predicted molar refractivity (Wildman–Crippen MR) is 44.8 cm³/mol. The molecule has 0 saturated carbocycles. The molecule has 0 saturated heterocycles. The van der Waals surface area contributed by atoms with Crippen LogP contribution in [0.15, 0.2) is 24.3 Å². The number of hydrogen-bond acceptors (Lipinski definition) is 3. The molecule has 4 nitrogen and oxygen atoms in total. The minimum Gasteiger partial charge on any atom is -0.497 e. The lowest BCUT2D eigenvalue weighted by Crippen LogP contribution is -1.83. The molecule has 1 aromatic carbocycles. The molecule has 0 aliphatic rings. The molecule has 1 atom stereocenters. The van der Waals surface area contributed by atoms with Gasteiger partial charge in [0.2, 0.25) is 0 Å². The third-order valence-electron chi connectivity index (χ3n) is 1.26. The number of ether oxygens (including phenoxy) is 1. The van der Waals surface area contributed by atoms with Gasteiger partial charge in [-0.25, -0.2) is 4.57 Å². The van der Waals surface area contributed by atoms with E-state index in [-0.39, 0.29) is 0 Å². The molecule has 0 amide bonds. The zero-order chi connectivity index (χ0) is 8.97. The van der Waals surface area contributed by atoms with Crippen LogP contribution in [0, 0.1) is 0 Å². The highest BCUT2D eigenvalue weighted by Gasteiger charge is 1.96. The highest BCUT2D eigenvalue weighted by Crippen LogP contribution is 2.24. The molecule has 5 heteroatoms. The van der Waals surface area contributed by atoms with Crippen LogP contribution in [-0.2, 0) is 4.57 Å². The first-order valence-electron chi connectivity index (χ1n) is 3.27. The second kappa shape index (κ2) is 4.14. The summed E-state index contributed by atoms with van der Waals surface area (Å²) in [5, 5.41) is 0. The van der Waals surface area contributed by atoms with Gasteiger partial charge >= 0.3 is 8.25 Å². The summed E-state index contributed by atoms with van der Waals surface area (Å²) < 4.78 is 19.7. The standard InChI is InChI=1S/C7H9O4P/c1-10-6-2-4-7(5-3-6)11-12(8)9/h2-5,12H,1H3,(H,8,9). The predicted octanol–water partition coefficient (Wildman–Crippen LogP) is 1.46. The van der Waals surface area contributed by atoms with E-state index in [2.05, 4.69) is 4.52 Å². The summed E-state index contributed by atoms with van der Waals surface area (Å²) >= 11 is 0. The van der Waals surface area contributed by atoms with Gasteiger partial charge in [0.1, 0.15) is 11.5 Å². The summed E-state index contributed by atoms with van der Waals surface area (Å²) in [5.41, 5.74) is 0. The maximum Gasteiger partial charge on any atom is 0.365 e. The summed E-state index contributed by atoms with van der Waals surface area (Å²) in [6.45, 7) is 0. The second-order valence-corrected chi connectivity index (χ2v) is 2.78. The Morgan fingerprint density at radius 3 is 2.17 bits per heavy atom. The van der Waals surface area contributed by atoms with Crippen molar-refractivity contribution in [1.82, 2.24) is 0 Å². The molecule has 0 aromatic heterocycles. The number of rotatable bonds is 3. The maximum atomic E-state index is 10.3. The van der Waals surface area contributed by atoms with Crippen molar-refractivity contribution in [1.29, 1.82) is 0 Å². The first-order valence-corrected chi connectivity index (χ1v) is 4.53. The van der Waals surface area contributed by atoms with Crippen molar-refractivity contribution in [3.8, 4) is 11.5 Å². The van der Waals surface area contributed by atoms with Crippen LogP contribution in [0.1, 0.15) is 0 Å². The average Bonchev–Trinajstić information content (AvgIpc) is 2.05. The van der Waals surface area contributed by atoms with Gasteiger partial charge < -0.3 is 14.2 Å². The Morgan fingerprint density at radius 1 is 1.25 bits per heavy atom. The zero-order valence-corrected chi connectivity index (χ0v) is 7.48. The first kappa shape index (κ1) is 9.10. The fourth-order valence-electron chi connectivity index (χ4n) is 0.745. The summed E-state index contributed by atoms with van der Waals surface area (Å²) in [6, 6.07) is 6.44. The fraction of sp³-hybridized carbons (Fsp3) is 0.143. The van der Waals surface area contributed by atoms with Crippen LogP contribution in [0.2, 0.25) is 0 Å². The van der Waals surface area contributed by atoms with E-state index in [4.69, 9.17) is 9.63 Å². The van der Waals surface area contributed by atoms with Crippen LogP contribution in [0.5, 0.6) is 11.5 Å². The zero-order valence-electron chi connectivity index (χ0n) is 6.48. The minimum atomic E-state index is -2.90. The van der Waals surface area contributed by atoms with E-state index < -0.39 is 8.25 Å².